The monoisotopic (exact) mass is 338 g/mol. The third-order valence-corrected chi connectivity index (χ3v) is 4.73. The van der Waals surface area contributed by atoms with Gasteiger partial charge in [-0.05, 0) is 42.5 Å². The Bertz CT molecular complexity index is 762. The molecule has 0 spiro atoms. The molecule has 2 N–H and O–H groups in total. The summed E-state index contributed by atoms with van der Waals surface area (Å²) in [5, 5.41) is 5.99. The Hall–Kier alpha value is -2.69. The van der Waals surface area contributed by atoms with Crippen LogP contribution in [0.15, 0.2) is 48.5 Å². The fourth-order valence-electron chi connectivity index (χ4n) is 3.48. The molecular formula is C20H22N2O3. The van der Waals surface area contributed by atoms with E-state index in [0.29, 0.717) is 13.2 Å². The number of carbonyl (C=O) groups excluding carboxylic acids is 1. The maximum absolute atomic E-state index is 12.3. The average Bonchev–Trinajstić information content (AvgIpc) is 2.66. The van der Waals surface area contributed by atoms with E-state index in [4.69, 9.17) is 9.47 Å². The van der Waals surface area contributed by atoms with Crippen LogP contribution >= 0.6 is 0 Å². The Morgan fingerprint density at radius 1 is 1.08 bits per heavy atom. The minimum absolute atomic E-state index is 0.0780. The molecule has 1 heterocycles. The minimum atomic E-state index is -0.181. The van der Waals surface area contributed by atoms with Crippen molar-refractivity contribution in [1.29, 1.82) is 0 Å². The highest BCUT2D eigenvalue weighted by atomic mass is 16.6. The summed E-state index contributed by atoms with van der Waals surface area (Å²) >= 11 is 0. The number of carbonyl (C=O) groups is 1. The molecule has 130 valence electrons. The first-order valence-electron chi connectivity index (χ1n) is 8.80. The predicted molar refractivity (Wildman–Crippen MR) is 95.0 cm³/mol. The second kappa shape index (κ2) is 7.05. The van der Waals surface area contributed by atoms with Crippen LogP contribution in [-0.2, 0) is 6.42 Å². The van der Waals surface area contributed by atoms with Gasteiger partial charge in [-0.25, -0.2) is 4.79 Å². The van der Waals surface area contributed by atoms with Gasteiger partial charge in [0, 0.05) is 0 Å². The fourth-order valence-corrected chi connectivity index (χ4v) is 3.48. The molecule has 0 saturated heterocycles. The normalized spacial score (nSPS) is 21.1. The van der Waals surface area contributed by atoms with Crippen LogP contribution in [0, 0.1) is 0 Å². The lowest BCUT2D eigenvalue weighted by atomic mass is 9.88. The van der Waals surface area contributed by atoms with Crippen LogP contribution in [-0.4, -0.2) is 25.3 Å². The molecule has 25 heavy (non-hydrogen) atoms. The molecule has 2 aromatic carbocycles. The van der Waals surface area contributed by atoms with E-state index >= 15 is 0 Å². The largest absolute Gasteiger partial charge is 0.486 e. The number of hydrogen-bond acceptors (Lipinski definition) is 3. The van der Waals surface area contributed by atoms with E-state index in [2.05, 4.69) is 28.8 Å². The van der Waals surface area contributed by atoms with Crippen molar-refractivity contribution < 1.29 is 14.3 Å². The number of fused-ring (bicyclic) bond motifs is 2. The van der Waals surface area contributed by atoms with Gasteiger partial charge in [0.1, 0.15) is 6.61 Å². The second-order valence-electron chi connectivity index (χ2n) is 6.50. The van der Waals surface area contributed by atoms with E-state index in [1.807, 2.05) is 30.3 Å². The number of amides is 2. The second-order valence-corrected chi connectivity index (χ2v) is 6.50. The summed E-state index contributed by atoms with van der Waals surface area (Å²) in [6.07, 6.45) is 2.97. The van der Waals surface area contributed by atoms with Gasteiger partial charge in [-0.2, -0.15) is 0 Å². The van der Waals surface area contributed by atoms with Gasteiger partial charge in [0.05, 0.1) is 12.6 Å². The molecule has 2 atom stereocenters. The summed E-state index contributed by atoms with van der Waals surface area (Å²) in [6.45, 7) is 0.845. The van der Waals surface area contributed by atoms with Crippen molar-refractivity contribution >= 4 is 6.03 Å². The lowest BCUT2D eigenvalue weighted by molar-refractivity contribution is 0.0917. The zero-order valence-electron chi connectivity index (χ0n) is 14.0. The van der Waals surface area contributed by atoms with Crippen molar-refractivity contribution in [3.63, 3.8) is 0 Å². The third kappa shape index (κ3) is 3.55. The molecule has 0 bridgehead atoms. The van der Waals surface area contributed by atoms with Gasteiger partial charge in [0.15, 0.2) is 17.6 Å². The summed E-state index contributed by atoms with van der Waals surface area (Å²) < 4.78 is 11.5. The smallest absolute Gasteiger partial charge is 0.315 e. The number of para-hydroxylation sites is 2. The molecular weight excluding hydrogens is 316 g/mol. The molecule has 5 heteroatoms. The Kier molecular flexibility index (Phi) is 4.46. The van der Waals surface area contributed by atoms with Gasteiger partial charge in [-0.15, -0.1) is 0 Å². The molecule has 0 unspecified atom stereocenters. The predicted octanol–water partition coefficient (Wildman–Crippen LogP) is 3.20. The first kappa shape index (κ1) is 15.8. The Balaban J connectivity index is 1.31. The van der Waals surface area contributed by atoms with Crippen LogP contribution in [0.25, 0.3) is 0 Å². The van der Waals surface area contributed by atoms with Gasteiger partial charge in [0.25, 0.3) is 0 Å². The van der Waals surface area contributed by atoms with Crippen LogP contribution in [0.1, 0.15) is 30.0 Å². The summed E-state index contributed by atoms with van der Waals surface area (Å²) in [5.74, 6) is 1.48. The third-order valence-electron chi connectivity index (χ3n) is 4.73. The van der Waals surface area contributed by atoms with Crippen molar-refractivity contribution in [1.82, 2.24) is 10.6 Å². The Morgan fingerprint density at radius 3 is 2.80 bits per heavy atom. The molecule has 4 rings (SSSR count). The Labute approximate surface area is 147 Å². The lowest BCUT2D eigenvalue weighted by Crippen LogP contribution is -2.45. The molecule has 0 fully saturated rings. The Morgan fingerprint density at radius 2 is 1.88 bits per heavy atom. The molecule has 1 aliphatic heterocycles. The van der Waals surface area contributed by atoms with Crippen LogP contribution in [0.2, 0.25) is 0 Å². The number of urea groups is 1. The van der Waals surface area contributed by atoms with E-state index in [9.17, 15) is 4.79 Å². The van der Waals surface area contributed by atoms with E-state index in [1.54, 1.807) is 0 Å². The SMILES string of the molecule is O=C(NC[C@H]1COc2ccccc2O1)N[C@H]1CCCc2ccccc21. The number of benzene rings is 2. The summed E-state index contributed by atoms with van der Waals surface area (Å²) in [4.78, 5) is 12.3. The van der Waals surface area contributed by atoms with Crippen molar-refractivity contribution in [2.45, 2.75) is 31.4 Å². The molecule has 2 aromatic rings. The van der Waals surface area contributed by atoms with Gasteiger partial charge < -0.3 is 20.1 Å². The highest BCUT2D eigenvalue weighted by Gasteiger charge is 2.23. The van der Waals surface area contributed by atoms with Gasteiger partial charge >= 0.3 is 6.03 Å². The van der Waals surface area contributed by atoms with Gasteiger partial charge in [-0.1, -0.05) is 36.4 Å². The van der Waals surface area contributed by atoms with Crippen molar-refractivity contribution in [2.75, 3.05) is 13.2 Å². The number of ether oxygens (including phenoxy) is 2. The first-order chi connectivity index (χ1) is 12.3. The number of nitrogens with one attached hydrogen (secondary N) is 2. The molecule has 0 radical (unpaired) electrons. The summed E-state index contributed by atoms with van der Waals surface area (Å²) in [6, 6.07) is 15.8. The number of aryl methyl sites for hydroxylation is 1. The van der Waals surface area contributed by atoms with E-state index < -0.39 is 0 Å². The maximum Gasteiger partial charge on any atom is 0.315 e. The van der Waals surface area contributed by atoms with E-state index in [-0.39, 0.29) is 18.2 Å². The number of hydrogen-bond donors (Lipinski definition) is 2. The van der Waals surface area contributed by atoms with Crippen molar-refractivity contribution in [2.24, 2.45) is 0 Å². The molecule has 0 aromatic heterocycles. The zero-order valence-corrected chi connectivity index (χ0v) is 14.0. The van der Waals surface area contributed by atoms with Crippen LogP contribution in [0.4, 0.5) is 4.79 Å². The highest BCUT2D eigenvalue weighted by molar-refractivity contribution is 5.74. The molecule has 2 aliphatic rings. The molecule has 0 saturated carbocycles. The molecule has 2 amide bonds. The highest BCUT2D eigenvalue weighted by Crippen LogP contribution is 2.31. The van der Waals surface area contributed by atoms with Gasteiger partial charge in [-0.3, -0.25) is 0 Å². The lowest BCUT2D eigenvalue weighted by Gasteiger charge is -2.28. The van der Waals surface area contributed by atoms with E-state index in [1.165, 1.54) is 11.1 Å². The topological polar surface area (TPSA) is 59.6 Å². The zero-order chi connectivity index (χ0) is 17.1. The summed E-state index contributed by atoms with van der Waals surface area (Å²) in [7, 11) is 0. The van der Waals surface area contributed by atoms with Crippen molar-refractivity contribution in [3.05, 3.63) is 59.7 Å². The molecule has 1 aliphatic carbocycles. The summed E-state index contributed by atoms with van der Waals surface area (Å²) in [5.41, 5.74) is 2.56. The maximum atomic E-state index is 12.3. The quantitative estimate of drug-likeness (QED) is 0.903. The van der Waals surface area contributed by atoms with E-state index in [0.717, 1.165) is 30.8 Å². The van der Waals surface area contributed by atoms with Crippen LogP contribution in [0.3, 0.4) is 0 Å². The van der Waals surface area contributed by atoms with Crippen LogP contribution in [0.5, 0.6) is 11.5 Å². The van der Waals surface area contributed by atoms with Crippen molar-refractivity contribution in [3.8, 4) is 11.5 Å². The minimum Gasteiger partial charge on any atom is -0.486 e. The van der Waals surface area contributed by atoms with Crippen LogP contribution < -0.4 is 20.1 Å². The first-order valence-corrected chi connectivity index (χ1v) is 8.80. The average molecular weight is 338 g/mol. The molecule has 5 nitrogen and oxygen atoms in total. The number of rotatable bonds is 3. The standard InChI is InChI=1S/C20H22N2O3/c23-20(22-17-9-5-7-14-6-1-2-8-16(14)17)21-12-15-13-24-18-10-3-4-11-19(18)25-15/h1-4,6,8,10-11,15,17H,5,7,9,12-13H2,(H2,21,22,23)/t15-,17-/m0/s1. The fraction of sp³-hybridized carbons (Fsp3) is 0.350. The van der Waals surface area contributed by atoms with Gasteiger partial charge in [0.2, 0.25) is 0 Å².